The van der Waals surface area contributed by atoms with Gasteiger partial charge < -0.3 is 15.2 Å². The van der Waals surface area contributed by atoms with Crippen molar-refractivity contribution >= 4 is 23.5 Å². The highest BCUT2D eigenvalue weighted by molar-refractivity contribution is 6.30. The second kappa shape index (κ2) is 7.61. The van der Waals surface area contributed by atoms with Gasteiger partial charge in [0.2, 0.25) is 5.91 Å². The number of carboxylic acids is 1. The van der Waals surface area contributed by atoms with Crippen molar-refractivity contribution in [3.63, 3.8) is 0 Å². The van der Waals surface area contributed by atoms with E-state index in [0.717, 1.165) is 5.56 Å². The Morgan fingerprint density at radius 2 is 1.68 bits per heavy atom. The largest absolute Gasteiger partial charge is 0.550 e. The molecule has 0 aliphatic heterocycles. The van der Waals surface area contributed by atoms with Crippen LogP contribution in [0.2, 0.25) is 5.02 Å². The summed E-state index contributed by atoms with van der Waals surface area (Å²) in [4.78, 5) is 23.0. The second-order valence-corrected chi connectivity index (χ2v) is 5.35. The molecule has 0 radical (unpaired) electrons. The van der Waals surface area contributed by atoms with Crippen molar-refractivity contribution < 1.29 is 14.7 Å². The van der Waals surface area contributed by atoms with Gasteiger partial charge in [0.05, 0.1) is 12.5 Å². The fourth-order valence-corrected chi connectivity index (χ4v) is 2.27. The van der Waals surface area contributed by atoms with Gasteiger partial charge in [0.25, 0.3) is 0 Å². The summed E-state index contributed by atoms with van der Waals surface area (Å²) >= 11 is 5.82. The van der Waals surface area contributed by atoms with Gasteiger partial charge >= 0.3 is 0 Å². The summed E-state index contributed by atoms with van der Waals surface area (Å²) in [6.07, 6.45) is -0.0971. The number of aliphatic carboxylic acids is 1. The van der Waals surface area contributed by atoms with E-state index in [0.29, 0.717) is 10.6 Å². The molecule has 0 heterocycles. The van der Waals surface area contributed by atoms with Crippen LogP contribution in [0.15, 0.2) is 54.6 Å². The first-order chi connectivity index (χ1) is 10.5. The Labute approximate surface area is 133 Å². The van der Waals surface area contributed by atoms with Crippen LogP contribution in [0.5, 0.6) is 0 Å². The highest BCUT2D eigenvalue weighted by atomic mass is 35.5. The summed E-state index contributed by atoms with van der Waals surface area (Å²) in [5, 5.41) is 14.2. The molecule has 0 saturated carbocycles. The number of hydrogen-bond acceptors (Lipinski definition) is 3. The number of carbonyl (C=O) groups excluding carboxylic acids is 2. The minimum atomic E-state index is -1.22. The monoisotopic (exact) mass is 316 g/mol. The first-order valence-electron chi connectivity index (χ1n) is 6.83. The first kappa shape index (κ1) is 16.0. The highest BCUT2D eigenvalue weighted by Gasteiger charge is 2.15. The van der Waals surface area contributed by atoms with Gasteiger partial charge in [-0.1, -0.05) is 54.1 Å². The van der Waals surface area contributed by atoms with Crippen LogP contribution in [-0.4, -0.2) is 11.9 Å². The van der Waals surface area contributed by atoms with Gasteiger partial charge in [-0.15, -0.1) is 0 Å². The smallest absolute Gasteiger partial charge is 0.224 e. The van der Waals surface area contributed by atoms with Crippen LogP contribution in [-0.2, 0) is 16.0 Å². The van der Waals surface area contributed by atoms with E-state index in [9.17, 15) is 14.7 Å². The van der Waals surface area contributed by atoms with E-state index >= 15 is 0 Å². The normalized spacial score (nSPS) is 11.7. The molecule has 2 rings (SSSR count). The third kappa shape index (κ3) is 4.90. The van der Waals surface area contributed by atoms with Crippen LogP contribution in [0, 0.1) is 0 Å². The number of rotatable bonds is 6. The molecule has 0 aromatic heterocycles. The van der Waals surface area contributed by atoms with Gasteiger partial charge in [-0.05, 0) is 23.3 Å². The van der Waals surface area contributed by atoms with Crippen LogP contribution in [0.4, 0.5) is 0 Å². The zero-order valence-electron chi connectivity index (χ0n) is 11.8. The molecule has 2 aromatic rings. The number of amides is 1. The molecule has 0 spiro atoms. The van der Waals surface area contributed by atoms with Gasteiger partial charge in [0.1, 0.15) is 0 Å². The predicted molar refractivity (Wildman–Crippen MR) is 82.1 cm³/mol. The highest BCUT2D eigenvalue weighted by Crippen LogP contribution is 2.19. The fraction of sp³-hybridized carbons (Fsp3) is 0.176. The van der Waals surface area contributed by atoms with E-state index in [2.05, 4.69) is 5.32 Å². The van der Waals surface area contributed by atoms with Crippen LogP contribution in [0.3, 0.4) is 0 Å². The van der Waals surface area contributed by atoms with Gasteiger partial charge in [-0.3, -0.25) is 4.79 Å². The van der Waals surface area contributed by atoms with Crippen LogP contribution in [0.1, 0.15) is 23.6 Å². The fourth-order valence-electron chi connectivity index (χ4n) is 2.14. The maximum Gasteiger partial charge on any atom is 0.224 e. The molecule has 114 valence electrons. The average Bonchev–Trinajstić information content (AvgIpc) is 2.48. The van der Waals surface area contributed by atoms with E-state index in [-0.39, 0.29) is 18.7 Å². The second-order valence-electron chi connectivity index (χ2n) is 4.91. The molecule has 1 amide bonds. The van der Waals surface area contributed by atoms with E-state index in [1.165, 1.54) is 0 Å². The third-order valence-electron chi connectivity index (χ3n) is 3.19. The van der Waals surface area contributed by atoms with E-state index < -0.39 is 12.0 Å². The quantitative estimate of drug-likeness (QED) is 0.884. The van der Waals surface area contributed by atoms with Crippen molar-refractivity contribution in [1.82, 2.24) is 5.32 Å². The first-order valence-corrected chi connectivity index (χ1v) is 7.21. The number of carbonyl (C=O) groups is 2. The molecule has 1 N–H and O–H groups in total. The Bertz CT molecular complexity index is 641. The Morgan fingerprint density at radius 3 is 2.27 bits per heavy atom. The van der Waals surface area contributed by atoms with E-state index in [1.807, 2.05) is 30.3 Å². The Kier molecular flexibility index (Phi) is 5.55. The maximum absolute atomic E-state index is 12.1. The van der Waals surface area contributed by atoms with Crippen LogP contribution >= 0.6 is 11.6 Å². The summed E-state index contributed by atoms with van der Waals surface area (Å²) in [5.74, 6) is -1.47. The summed E-state index contributed by atoms with van der Waals surface area (Å²) in [6, 6.07) is 15.3. The topological polar surface area (TPSA) is 69.2 Å². The van der Waals surface area contributed by atoms with Crippen molar-refractivity contribution in [2.45, 2.75) is 18.9 Å². The third-order valence-corrected chi connectivity index (χ3v) is 3.44. The Balaban J connectivity index is 2.07. The average molecular weight is 317 g/mol. The molecule has 2 aromatic carbocycles. The summed E-state index contributed by atoms with van der Waals surface area (Å²) in [5.41, 5.74) is 1.54. The molecular formula is C17H15ClNO3-. The number of hydrogen-bond donors (Lipinski definition) is 1. The molecule has 5 heteroatoms. The Morgan fingerprint density at radius 1 is 1.05 bits per heavy atom. The number of benzene rings is 2. The number of nitrogens with one attached hydrogen (secondary N) is 1. The molecule has 22 heavy (non-hydrogen) atoms. The molecule has 1 atom stereocenters. The van der Waals surface area contributed by atoms with Gasteiger partial charge in [-0.25, -0.2) is 0 Å². The predicted octanol–water partition coefficient (Wildman–Crippen LogP) is 1.88. The van der Waals surface area contributed by atoms with Gasteiger partial charge in [0, 0.05) is 17.4 Å². The zero-order valence-corrected chi connectivity index (χ0v) is 12.5. The summed E-state index contributed by atoms with van der Waals surface area (Å²) in [6.45, 7) is 0. The van der Waals surface area contributed by atoms with Gasteiger partial charge in [-0.2, -0.15) is 0 Å². The van der Waals surface area contributed by atoms with Crippen molar-refractivity contribution in [3.05, 3.63) is 70.7 Å². The molecule has 0 fully saturated rings. The molecule has 0 aliphatic carbocycles. The minimum absolute atomic E-state index is 0.192. The van der Waals surface area contributed by atoms with E-state index in [4.69, 9.17) is 11.6 Å². The minimum Gasteiger partial charge on any atom is -0.550 e. The van der Waals surface area contributed by atoms with Crippen LogP contribution < -0.4 is 10.4 Å². The molecule has 0 aliphatic rings. The van der Waals surface area contributed by atoms with Gasteiger partial charge in [0.15, 0.2) is 0 Å². The lowest BCUT2D eigenvalue weighted by molar-refractivity contribution is -0.306. The van der Waals surface area contributed by atoms with Crippen LogP contribution in [0.25, 0.3) is 0 Å². The SMILES string of the molecule is O=C([O-])C[C@@H](NC(=O)Cc1ccccc1)c1ccc(Cl)cc1. The zero-order chi connectivity index (χ0) is 15.9. The standard InChI is InChI=1S/C17H16ClNO3/c18-14-8-6-13(7-9-14)15(11-17(21)22)19-16(20)10-12-4-2-1-3-5-12/h1-9,15H,10-11H2,(H,19,20)(H,21,22)/p-1/t15-/m1/s1. The molecule has 4 nitrogen and oxygen atoms in total. The lowest BCUT2D eigenvalue weighted by atomic mass is 10.0. The Hall–Kier alpha value is -2.33. The van der Waals surface area contributed by atoms with Crippen molar-refractivity contribution in [2.24, 2.45) is 0 Å². The number of halogens is 1. The maximum atomic E-state index is 12.1. The summed E-state index contributed by atoms with van der Waals surface area (Å²) < 4.78 is 0. The lowest BCUT2D eigenvalue weighted by Gasteiger charge is -2.20. The van der Waals surface area contributed by atoms with E-state index in [1.54, 1.807) is 24.3 Å². The molecule has 0 unspecified atom stereocenters. The molecule has 0 bridgehead atoms. The molecule has 0 saturated heterocycles. The lowest BCUT2D eigenvalue weighted by Crippen LogP contribution is -2.35. The molecular weight excluding hydrogens is 302 g/mol. The number of carboxylic acid groups (broad SMARTS) is 1. The summed E-state index contributed by atoms with van der Waals surface area (Å²) in [7, 11) is 0. The van der Waals surface area contributed by atoms with Crippen molar-refractivity contribution in [3.8, 4) is 0 Å². The van der Waals surface area contributed by atoms with Crippen molar-refractivity contribution in [2.75, 3.05) is 0 Å². The van der Waals surface area contributed by atoms with Crippen molar-refractivity contribution in [1.29, 1.82) is 0 Å².